The second-order valence-electron chi connectivity index (χ2n) is 9.06. The minimum atomic E-state index is -1.04. The van der Waals surface area contributed by atoms with E-state index in [1.807, 2.05) is 13.8 Å². The van der Waals surface area contributed by atoms with E-state index in [0.29, 0.717) is 47.2 Å². The van der Waals surface area contributed by atoms with Crippen molar-refractivity contribution in [2.75, 3.05) is 24.8 Å². The van der Waals surface area contributed by atoms with Crippen molar-refractivity contribution in [3.8, 4) is 17.0 Å². The third kappa shape index (κ3) is 5.41. The number of hydrogen-bond donors (Lipinski definition) is 4. The third-order valence-electron chi connectivity index (χ3n) is 6.17. The van der Waals surface area contributed by atoms with Gasteiger partial charge < -0.3 is 31.6 Å². The normalized spacial score (nSPS) is 15.8. The molecular weight excluding hydrogens is 474 g/mol. The number of allylic oxidation sites excluding steroid dienone is 1. The van der Waals surface area contributed by atoms with Crippen molar-refractivity contribution in [1.82, 2.24) is 19.5 Å². The van der Waals surface area contributed by atoms with Crippen LogP contribution in [0.25, 0.3) is 11.3 Å². The number of imidazole rings is 1. The summed E-state index contributed by atoms with van der Waals surface area (Å²) < 4.78 is 6.37. The lowest BCUT2D eigenvalue weighted by Gasteiger charge is -2.23. The van der Waals surface area contributed by atoms with E-state index in [9.17, 15) is 14.7 Å². The molecule has 4 rings (SSSR count). The predicted molar refractivity (Wildman–Crippen MR) is 139 cm³/mol. The molecule has 37 heavy (non-hydrogen) atoms. The van der Waals surface area contributed by atoms with Gasteiger partial charge in [-0.25, -0.2) is 14.6 Å². The first-order valence-electron chi connectivity index (χ1n) is 11.9. The number of likely N-dealkylation sites (tertiary alicyclic amines) is 1. The molecule has 11 heteroatoms. The van der Waals surface area contributed by atoms with Crippen molar-refractivity contribution in [2.24, 2.45) is 5.73 Å². The van der Waals surface area contributed by atoms with Crippen LogP contribution < -0.4 is 21.6 Å². The summed E-state index contributed by atoms with van der Waals surface area (Å²) >= 11 is 0. The van der Waals surface area contributed by atoms with Crippen LogP contribution in [0.5, 0.6) is 5.75 Å². The Morgan fingerprint density at radius 2 is 1.97 bits per heavy atom. The number of aliphatic hydroxyl groups excluding tert-OH is 1. The number of benzene rings is 1. The van der Waals surface area contributed by atoms with E-state index in [0.717, 1.165) is 12.0 Å². The molecule has 3 heterocycles. The zero-order valence-corrected chi connectivity index (χ0v) is 21.0. The molecule has 0 aliphatic carbocycles. The van der Waals surface area contributed by atoms with Crippen molar-refractivity contribution in [2.45, 2.75) is 39.0 Å². The molecule has 1 aromatic carbocycles. The van der Waals surface area contributed by atoms with Crippen LogP contribution >= 0.6 is 0 Å². The Hall–Kier alpha value is -4.38. The number of ether oxygens (including phenoxy) is 1. The highest BCUT2D eigenvalue weighted by molar-refractivity contribution is 5.97. The molecule has 2 amide bonds. The number of aromatic nitrogens is 3. The molecule has 1 aliphatic heterocycles. The first-order valence-corrected chi connectivity index (χ1v) is 11.9. The number of amides is 2. The zero-order chi connectivity index (χ0) is 26.7. The molecular formula is C26H31N7O4. The Kier molecular flexibility index (Phi) is 7.44. The molecule has 1 aliphatic rings. The number of hydrogen-bond acceptors (Lipinski definition) is 8. The van der Waals surface area contributed by atoms with Gasteiger partial charge in [0.2, 0.25) is 5.91 Å². The fraction of sp³-hybridized carbons (Fsp3) is 0.308. The van der Waals surface area contributed by atoms with Crippen LogP contribution in [0.1, 0.15) is 60.8 Å². The van der Waals surface area contributed by atoms with Gasteiger partial charge in [-0.05, 0) is 32.8 Å². The number of nitrogen functional groups attached to an aromatic ring is 1. The molecule has 1 fully saturated rings. The topological polar surface area (TPSA) is 162 Å². The van der Waals surface area contributed by atoms with Gasteiger partial charge >= 0.3 is 0 Å². The minimum absolute atomic E-state index is 0.0449. The molecule has 194 valence electrons. The monoisotopic (exact) mass is 505 g/mol. The van der Waals surface area contributed by atoms with Gasteiger partial charge in [-0.3, -0.25) is 9.59 Å². The highest BCUT2D eigenvalue weighted by Gasteiger charge is 2.35. The maximum absolute atomic E-state index is 12.8. The molecule has 11 nitrogen and oxygen atoms in total. The molecule has 1 saturated heterocycles. The van der Waals surface area contributed by atoms with Gasteiger partial charge in [0, 0.05) is 36.0 Å². The number of rotatable bonds is 8. The fourth-order valence-electron chi connectivity index (χ4n) is 4.41. The lowest BCUT2D eigenvalue weighted by Crippen LogP contribution is -2.33. The van der Waals surface area contributed by atoms with E-state index in [1.54, 1.807) is 60.7 Å². The predicted octanol–water partition coefficient (Wildman–Crippen LogP) is 2.50. The smallest absolute Gasteiger partial charge is 0.269 e. The lowest BCUT2D eigenvalue weighted by molar-refractivity contribution is -0.127. The van der Waals surface area contributed by atoms with Crippen molar-refractivity contribution in [3.05, 3.63) is 71.3 Å². The molecule has 0 saturated carbocycles. The highest BCUT2D eigenvalue weighted by Crippen LogP contribution is 2.34. The summed E-state index contributed by atoms with van der Waals surface area (Å²) in [4.78, 5) is 35.7. The number of carbonyl (C=O) groups is 2. The average molecular weight is 506 g/mol. The first kappa shape index (κ1) is 25.7. The van der Waals surface area contributed by atoms with Crippen LogP contribution in [-0.4, -0.2) is 50.1 Å². The summed E-state index contributed by atoms with van der Waals surface area (Å²) in [5.41, 5.74) is 8.09. The van der Waals surface area contributed by atoms with E-state index in [4.69, 9.17) is 16.3 Å². The highest BCUT2D eigenvalue weighted by atomic mass is 16.5. The van der Waals surface area contributed by atoms with Gasteiger partial charge in [0.05, 0.1) is 13.2 Å². The number of pyridine rings is 1. The number of methoxy groups -OCH3 is 1. The van der Waals surface area contributed by atoms with Crippen LogP contribution in [0.4, 0.5) is 5.82 Å². The number of aliphatic hydroxyl groups is 1. The van der Waals surface area contributed by atoms with E-state index in [1.165, 1.54) is 4.68 Å². The van der Waals surface area contributed by atoms with Crippen LogP contribution in [0.3, 0.4) is 0 Å². The molecule has 6 N–H and O–H groups in total. The fourth-order valence-corrected chi connectivity index (χ4v) is 4.41. The SMILES string of the molecule is COc1ccnc(NC(O)c2ccc(-c3nc([C@@H]4CCCN4C(=O)C=C(C)C)n(N)c3C(N)=O)cc2)c1. The molecule has 2 atom stereocenters. The van der Waals surface area contributed by atoms with E-state index in [-0.39, 0.29) is 17.6 Å². The van der Waals surface area contributed by atoms with Crippen LogP contribution in [0.15, 0.2) is 54.2 Å². The van der Waals surface area contributed by atoms with Crippen LogP contribution in [-0.2, 0) is 4.79 Å². The molecule has 3 aromatic rings. The maximum Gasteiger partial charge on any atom is 0.269 e. The standard InChI is InChI=1S/C26H31N7O4/c1-15(2)13-21(34)32-12-4-5-19(32)25-31-22(23(24(27)35)33(25)28)16-6-8-17(9-7-16)26(36)30-20-14-18(37-3)10-11-29-20/h6-11,13-14,19,26,36H,4-5,12,28H2,1-3H3,(H2,27,35)(H,29,30)/t19-,26?/m0/s1. The number of nitrogens with zero attached hydrogens (tertiary/aromatic N) is 4. The van der Waals surface area contributed by atoms with Gasteiger partial charge in [-0.2, -0.15) is 0 Å². The van der Waals surface area contributed by atoms with E-state index in [2.05, 4.69) is 15.3 Å². The largest absolute Gasteiger partial charge is 0.497 e. The Morgan fingerprint density at radius 1 is 1.24 bits per heavy atom. The van der Waals surface area contributed by atoms with Crippen molar-refractivity contribution in [3.63, 3.8) is 0 Å². The van der Waals surface area contributed by atoms with Crippen molar-refractivity contribution in [1.29, 1.82) is 0 Å². The number of primary amides is 1. The first-order chi connectivity index (χ1) is 17.7. The molecule has 1 unspecified atom stereocenters. The number of anilines is 1. The second kappa shape index (κ2) is 10.7. The third-order valence-corrected chi connectivity index (χ3v) is 6.17. The van der Waals surface area contributed by atoms with Crippen LogP contribution in [0.2, 0.25) is 0 Å². The Morgan fingerprint density at radius 3 is 2.62 bits per heavy atom. The molecule has 0 bridgehead atoms. The van der Waals surface area contributed by atoms with E-state index < -0.39 is 12.1 Å². The number of nitrogens with one attached hydrogen (secondary N) is 1. The molecule has 2 aromatic heterocycles. The number of nitrogens with two attached hydrogens (primary N) is 2. The Bertz CT molecular complexity index is 1330. The van der Waals surface area contributed by atoms with E-state index >= 15 is 0 Å². The zero-order valence-electron chi connectivity index (χ0n) is 21.0. The molecule has 0 radical (unpaired) electrons. The summed E-state index contributed by atoms with van der Waals surface area (Å²) in [6, 6.07) is 9.84. The van der Waals surface area contributed by atoms with Crippen LogP contribution in [0, 0.1) is 0 Å². The van der Waals surface area contributed by atoms with Gasteiger partial charge in [0.15, 0.2) is 17.7 Å². The Balaban J connectivity index is 1.62. The summed E-state index contributed by atoms with van der Waals surface area (Å²) in [6.45, 7) is 4.29. The van der Waals surface area contributed by atoms with Crippen molar-refractivity contribution < 1.29 is 19.4 Å². The van der Waals surface area contributed by atoms with Gasteiger partial charge in [-0.1, -0.05) is 29.8 Å². The van der Waals surface area contributed by atoms with Crippen molar-refractivity contribution >= 4 is 17.6 Å². The average Bonchev–Trinajstić information content (AvgIpc) is 3.48. The summed E-state index contributed by atoms with van der Waals surface area (Å²) in [5.74, 6) is 6.90. The maximum atomic E-state index is 12.8. The Labute approximate surface area is 214 Å². The second-order valence-corrected chi connectivity index (χ2v) is 9.06. The van der Waals surface area contributed by atoms with Gasteiger partial charge in [0.1, 0.15) is 17.3 Å². The minimum Gasteiger partial charge on any atom is -0.497 e. The number of carbonyl (C=O) groups excluding carboxylic acids is 2. The summed E-state index contributed by atoms with van der Waals surface area (Å²) in [5, 5.41) is 13.5. The molecule has 0 spiro atoms. The lowest BCUT2D eigenvalue weighted by atomic mass is 10.1. The summed E-state index contributed by atoms with van der Waals surface area (Å²) in [6.07, 6.45) is 3.57. The van der Waals surface area contributed by atoms with Gasteiger partial charge in [0.25, 0.3) is 5.91 Å². The quantitative estimate of drug-likeness (QED) is 0.206. The summed E-state index contributed by atoms with van der Waals surface area (Å²) in [7, 11) is 1.55. The van der Waals surface area contributed by atoms with Gasteiger partial charge in [-0.15, -0.1) is 0 Å².